The van der Waals surface area contributed by atoms with Gasteiger partial charge in [0.25, 0.3) is 5.95 Å². The van der Waals surface area contributed by atoms with Crippen molar-refractivity contribution in [2.24, 2.45) is 0 Å². The van der Waals surface area contributed by atoms with Crippen LogP contribution >= 0.6 is 0 Å². The van der Waals surface area contributed by atoms with Crippen LogP contribution in [0, 0.1) is 0 Å². The summed E-state index contributed by atoms with van der Waals surface area (Å²) in [5.41, 5.74) is 1.41. The zero-order valence-corrected chi connectivity index (χ0v) is 23.9. The first-order valence-electron chi connectivity index (χ1n) is 12.8. The molecule has 3 aromatic carbocycles. The average Bonchev–Trinajstić information content (AvgIpc) is 3.49. The van der Waals surface area contributed by atoms with Gasteiger partial charge in [-0.15, -0.1) is 0 Å². The Morgan fingerprint density at radius 2 is 1.12 bits per heavy atom. The summed E-state index contributed by atoms with van der Waals surface area (Å²) in [5, 5.41) is 4.68. The molecular weight excluding hydrogens is 565 g/mol. The second-order valence-corrected chi connectivity index (χ2v) is 9.13. The molecule has 9 nitrogen and oxygen atoms in total. The first kappa shape index (κ1) is 29.2. The first-order valence-corrected chi connectivity index (χ1v) is 12.8. The monoisotopic (exact) mass is 592 g/mol. The van der Waals surface area contributed by atoms with E-state index in [4.69, 9.17) is 23.7 Å². The standard InChI is InChI=1S/C31H27F3N4O5/c1-39-21-10-6-18(7-11-21)22-17-29(31(32,33)34)36-30(35-22)38-24(20-9-13-26(41-3)28(15-20)43-5)16-23(37-38)19-8-12-25(40-2)27(14-19)42-4/h6-17H,1-5H3. The highest BCUT2D eigenvalue weighted by atomic mass is 19.4. The van der Waals surface area contributed by atoms with E-state index < -0.39 is 11.9 Å². The molecule has 12 heteroatoms. The van der Waals surface area contributed by atoms with Crippen molar-refractivity contribution >= 4 is 0 Å². The molecule has 0 aliphatic carbocycles. The molecule has 0 saturated carbocycles. The van der Waals surface area contributed by atoms with E-state index in [1.807, 2.05) is 0 Å². The van der Waals surface area contributed by atoms with Crippen molar-refractivity contribution < 1.29 is 36.9 Å². The van der Waals surface area contributed by atoms with E-state index in [-0.39, 0.29) is 11.6 Å². The zero-order chi connectivity index (χ0) is 30.7. The predicted octanol–water partition coefficient (Wildman–Crippen LogP) is 6.73. The van der Waals surface area contributed by atoms with Crippen LogP contribution in [0.2, 0.25) is 0 Å². The number of methoxy groups -OCH3 is 5. The molecule has 0 atom stereocenters. The number of ether oxygens (including phenoxy) is 5. The number of benzene rings is 3. The summed E-state index contributed by atoms with van der Waals surface area (Å²) in [6.07, 6.45) is -4.75. The van der Waals surface area contributed by atoms with Crippen molar-refractivity contribution in [3.8, 4) is 68.5 Å². The summed E-state index contributed by atoms with van der Waals surface area (Å²) in [5.74, 6) is 2.14. The van der Waals surface area contributed by atoms with Gasteiger partial charge in [0, 0.05) is 16.7 Å². The summed E-state index contributed by atoms with van der Waals surface area (Å²) in [6, 6.07) is 19.5. The molecule has 5 rings (SSSR count). The number of rotatable bonds is 9. The van der Waals surface area contributed by atoms with Gasteiger partial charge in [0.2, 0.25) is 0 Å². The fourth-order valence-electron chi connectivity index (χ4n) is 4.46. The van der Waals surface area contributed by atoms with Crippen LogP contribution in [0.3, 0.4) is 0 Å². The van der Waals surface area contributed by atoms with E-state index in [2.05, 4.69) is 15.1 Å². The lowest BCUT2D eigenvalue weighted by Crippen LogP contribution is -2.14. The van der Waals surface area contributed by atoms with Crippen molar-refractivity contribution in [3.63, 3.8) is 0 Å². The lowest BCUT2D eigenvalue weighted by Gasteiger charge is -2.13. The second-order valence-electron chi connectivity index (χ2n) is 9.13. The Morgan fingerprint density at radius 3 is 1.67 bits per heavy atom. The average molecular weight is 593 g/mol. The second kappa shape index (κ2) is 11.9. The van der Waals surface area contributed by atoms with Crippen molar-refractivity contribution in [3.05, 3.63) is 78.5 Å². The topological polar surface area (TPSA) is 89.8 Å². The van der Waals surface area contributed by atoms with Crippen LogP contribution in [-0.2, 0) is 6.18 Å². The molecule has 0 bridgehead atoms. The fraction of sp³-hybridized carbons (Fsp3) is 0.194. The van der Waals surface area contributed by atoms with E-state index in [1.165, 1.54) is 40.2 Å². The number of hydrogen-bond donors (Lipinski definition) is 0. The van der Waals surface area contributed by atoms with Crippen LogP contribution in [0.1, 0.15) is 5.69 Å². The molecule has 0 radical (unpaired) electrons. The molecule has 222 valence electrons. The van der Waals surface area contributed by atoms with Crippen LogP contribution in [0.25, 0.3) is 39.7 Å². The highest BCUT2D eigenvalue weighted by Crippen LogP contribution is 2.38. The van der Waals surface area contributed by atoms with E-state index >= 15 is 0 Å². The quantitative estimate of drug-likeness (QED) is 0.186. The maximum Gasteiger partial charge on any atom is 0.433 e. The molecule has 5 aromatic rings. The minimum absolute atomic E-state index is 0.0569. The molecule has 43 heavy (non-hydrogen) atoms. The Bertz CT molecular complexity index is 1750. The maximum absolute atomic E-state index is 14.1. The zero-order valence-electron chi connectivity index (χ0n) is 23.9. The van der Waals surface area contributed by atoms with Gasteiger partial charge >= 0.3 is 6.18 Å². The minimum atomic E-state index is -4.75. The molecule has 0 amide bonds. The summed E-state index contributed by atoms with van der Waals surface area (Å²) >= 11 is 0. The third kappa shape index (κ3) is 5.89. The third-order valence-corrected chi connectivity index (χ3v) is 6.65. The van der Waals surface area contributed by atoms with Gasteiger partial charge in [-0.3, -0.25) is 0 Å². The van der Waals surface area contributed by atoms with Gasteiger partial charge in [-0.1, -0.05) is 0 Å². The Balaban J connectivity index is 1.76. The Morgan fingerprint density at radius 1 is 0.558 bits per heavy atom. The van der Waals surface area contributed by atoms with Crippen LogP contribution in [-0.4, -0.2) is 55.3 Å². The molecule has 0 aliphatic rings. The van der Waals surface area contributed by atoms with Gasteiger partial charge in [-0.2, -0.15) is 23.0 Å². The SMILES string of the molecule is COc1ccc(-c2cc(C(F)(F)F)nc(-n3nc(-c4ccc(OC)c(OC)c4)cc3-c3ccc(OC)c(OC)c3)n2)cc1. The minimum Gasteiger partial charge on any atom is -0.497 e. The Kier molecular flexibility index (Phi) is 8.11. The lowest BCUT2D eigenvalue weighted by molar-refractivity contribution is -0.141. The number of halogens is 3. The molecule has 0 aliphatic heterocycles. The van der Waals surface area contributed by atoms with Crippen molar-refractivity contribution in [1.82, 2.24) is 19.7 Å². The number of aromatic nitrogens is 4. The van der Waals surface area contributed by atoms with E-state index in [0.29, 0.717) is 56.8 Å². The van der Waals surface area contributed by atoms with Gasteiger partial charge in [-0.05, 0) is 72.8 Å². The highest BCUT2D eigenvalue weighted by Gasteiger charge is 2.34. The van der Waals surface area contributed by atoms with E-state index in [0.717, 1.165) is 6.07 Å². The highest BCUT2D eigenvalue weighted by molar-refractivity contribution is 5.73. The van der Waals surface area contributed by atoms with Crippen LogP contribution in [0.15, 0.2) is 72.8 Å². The first-order chi connectivity index (χ1) is 20.7. The van der Waals surface area contributed by atoms with Crippen LogP contribution in [0.4, 0.5) is 13.2 Å². The van der Waals surface area contributed by atoms with Gasteiger partial charge in [0.1, 0.15) is 5.75 Å². The molecule has 0 saturated heterocycles. The van der Waals surface area contributed by atoms with Gasteiger partial charge in [-0.25, -0.2) is 9.97 Å². The number of alkyl halides is 3. The maximum atomic E-state index is 14.1. The molecule has 2 aromatic heterocycles. The largest absolute Gasteiger partial charge is 0.497 e. The summed E-state index contributed by atoms with van der Waals surface area (Å²) < 4.78 is 70.5. The molecule has 0 unspecified atom stereocenters. The van der Waals surface area contributed by atoms with Gasteiger partial charge < -0.3 is 23.7 Å². The smallest absolute Gasteiger partial charge is 0.433 e. The Hall–Kier alpha value is -5.26. The van der Waals surface area contributed by atoms with E-state index in [1.54, 1.807) is 66.7 Å². The third-order valence-electron chi connectivity index (χ3n) is 6.65. The molecule has 0 N–H and O–H groups in total. The normalized spacial score (nSPS) is 11.3. The summed E-state index contributed by atoms with van der Waals surface area (Å²) in [7, 11) is 7.53. The van der Waals surface area contributed by atoms with Gasteiger partial charge in [0.15, 0.2) is 28.7 Å². The predicted molar refractivity (Wildman–Crippen MR) is 153 cm³/mol. The lowest BCUT2D eigenvalue weighted by atomic mass is 10.1. The fourth-order valence-corrected chi connectivity index (χ4v) is 4.46. The molecule has 2 heterocycles. The summed E-state index contributed by atoms with van der Waals surface area (Å²) in [6.45, 7) is 0. The van der Waals surface area contributed by atoms with Crippen molar-refractivity contribution in [1.29, 1.82) is 0 Å². The number of nitrogens with zero attached hydrogens (tertiary/aromatic N) is 4. The summed E-state index contributed by atoms with van der Waals surface area (Å²) in [4.78, 5) is 8.43. The van der Waals surface area contributed by atoms with Crippen LogP contribution in [0.5, 0.6) is 28.7 Å². The molecule has 0 spiro atoms. The van der Waals surface area contributed by atoms with Crippen LogP contribution < -0.4 is 23.7 Å². The number of hydrogen-bond acceptors (Lipinski definition) is 8. The van der Waals surface area contributed by atoms with Crippen molar-refractivity contribution in [2.75, 3.05) is 35.5 Å². The van der Waals surface area contributed by atoms with E-state index in [9.17, 15) is 13.2 Å². The van der Waals surface area contributed by atoms with Gasteiger partial charge in [0.05, 0.1) is 52.6 Å². The Labute approximate surface area is 245 Å². The molecular formula is C31H27F3N4O5. The molecule has 0 fully saturated rings. The van der Waals surface area contributed by atoms with Crippen molar-refractivity contribution in [2.45, 2.75) is 6.18 Å².